The van der Waals surface area contributed by atoms with Crippen molar-refractivity contribution in [1.82, 2.24) is 0 Å². The van der Waals surface area contributed by atoms with E-state index in [1.165, 1.54) is 19.3 Å². The van der Waals surface area contributed by atoms with Gasteiger partial charge in [-0.25, -0.2) is 0 Å². The van der Waals surface area contributed by atoms with E-state index in [4.69, 9.17) is 17.3 Å². The number of hydrogen-bond acceptors (Lipinski definition) is 2. The molecule has 0 heterocycles. The number of aryl methyl sites for hydroxylation is 1. The number of hydrogen-bond donors (Lipinski definition) is 2. The Kier molecular flexibility index (Phi) is 4.66. The Morgan fingerprint density at radius 3 is 2.60 bits per heavy atom. The van der Waals surface area contributed by atoms with Gasteiger partial charge in [0.05, 0.1) is 0 Å². The van der Waals surface area contributed by atoms with Crippen molar-refractivity contribution >= 4 is 17.3 Å². The normalized spacial score (nSPS) is 26.1. The molecule has 0 spiro atoms. The summed E-state index contributed by atoms with van der Waals surface area (Å²) in [6.45, 7) is 7.43. The van der Waals surface area contributed by atoms with Crippen LogP contribution >= 0.6 is 11.6 Å². The lowest BCUT2D eigenvalue weighted by molar-refractivity contribution is 0.305. The standard InChI is InChI=1S/C17H27ClN2/c1-13-5-6-14(11-15(13)18)20-17(12-19)8-4-7-16(2,3)9-10-17/h5-6,11,20H,4,7-10,12,19H2,1-3H3. The number of nitrogens with one attached hydrogen (secondary N) is 1. The number of halogens is 1. The zero-order valence-electron chi connectivity index (χ0n) is 12.9. The predicted octanol–water partition coefficient (Wildman–Crippen LogP) is 4.75. The second-order valence-electron chi connectivity index (χ2n) is 7.09. The quantitative estimate of drug-likeness (QED) is 0.790. The van der Waals surface area contributed by atoms with E-state index in [9.17, 15) is 0 Å². The zero-order valence-corrected chi connectivity index (χ0v) is 13.7. The van der Waals surface area contributed by atoms with Crippen molar-refractivity contribution in [3.63, 3.8) is 0 Å². The molecule has 0 bridgehead atoms. The molecule has 112 valence electrons. The average molecular weight is 295 g/mol. The molecule has 2 rings (SSSR count). The smallest absolute Gasteiger partial charge is 0.0495 e. The lowest BCUT2D eigenvalue weighted by Gasteiger charge is -2.34. The molecule has 3 N–H and O–H groups in total. The van der Waals surface area contributed by atoms with Gasteiger partial charge in [0, 0.05) is 22.8 Å². The Morgan fingerprint density at radius 1 is 1.20 bits per heavy atom. The molecule has 0 aliphatic heterocycles. The van der Waals surface area contributed by atoms with Gasteiger partial charge in [0.25, 0.3) is 0 Å². The molecule has 1 aromatic carbocycles. The molecule has 0 amide bonds. The maximum Gasteiger partial charge on any atom is 0.0495 e. The van der Waals surface area contributed by atoms with E-state index in [-0.39, 0.29) is 5.54 Å². The highest BCUT2D eigenvalue weighted by molar-refractivity contribution is 6.31. The van der Waals surface area contributed by atoms with Crippen LogP contribution in [0.3, 0.4) is 0 Å². The Morgan fingerprint density at radius 2 is 1.95 bits per heavy atom. The summed E-state index contributed by atoms with van der Waals surface area (Å²) in [7, 11) is 0. The highest BCUT2D eigenvalue weighted by Gasteiger charge is 2.34. The summed E-state index contributed by atoms with van der Waals surface area (Å²) in [6, 6.07) is 6.19. The first-order valence-corrected chi connectivity index (χ1v) is 7.98. The zero-order chi connectivity index (χ0) is 14.8. The van der Waals surface area contributed by atoms with Crippen molar-refractivity contribution < 1.29 is 0 Å². The fraction of sp³-hybridized carbons (Fsp3) is 0.647. The Hall–Kier alpha value is -0.730. The van der Waals surface area contributed by atoms with Crippen molar-refractivity contribution in [2.24, 2.45) is 11.1 Å². The fourth-order valence-corrected chi connectivity index (χ4v) is 3.27. The van der Waals surface area contributed by atoms with Crippen molar-refractivity contribution in [2.75, 3.05) is 11.9 Å². The lowest BCUT2D eigenvalue weighted by Crippen LogP contribution is -2.45. The summed E-state index contributed by atoms with van der Waals surface area (Å²) in [5, 5.41) is 4.50. The van der Waals surface area contributed by atoms with Crippen LogP contribution in [0.5, 0.6) is 0 Å². The molecule has 1 unspecified atom stereocenters. The molecular formula is C17H27ClN2. The third-order valence-electron chi connectivity index (χ3n) is 4.76. The van der Waals surface area contributed by atoms with Gasteiger partial charge in [-0.1, -0.05) is 37.9 Å². The van der Waals surface area contributed by atoms with Gasteiger partial charge in [0.15, 0.2) is 0 Å². The largest absolute Gasteiger partial charge is 0.378 e. The van der Waals surface area contributed by atoms with E-state index >= 15 is 0 Å². The Bertz CT molecular complexity index is 470. The minimum atomic E-state index is 0.0202. The predicted molar refractivity (Wildman–Crippen MR) is 88.5 cm³/mol. The lowest BCUT2D eigenvalue weighted by atomic mass is 9.83. The van der Waals surface area contributed by atoms with Gasteiger partial charge in [0.2, 0.25) is 0 Å². The number of anilines is 1. The van der Waals surface area contributed by atoms with Crippen LogP contribution in [0.1, 0.15) is 51.5 Å². The number of rotatable bonds is 3. The van der Waals surface area contributed by atoms with Gasteiger partial charge >= 0.3 is 0 Å². The van der Waals surface area contributed by atoms with Gasteiger partial charge in [-0.2, -0.15) is 0 Å². The molecule has 1 aliphatic rings. The third kappa shape index (κ3) is 3.67. The van der Waals surface area contributed by atoms with Crippen molar-refractivity contribution in [3.05, 3.63) is 28.8 Å². The number of nitrogens with two attached hydrogens (primary N) is 1. The molecule has 20 heavy (non-hydrogen) atoms. The van der Waals surface area contributed by atoms with Crippen molar-refractivity contribution in [2.45, 2.75) is 58.4 Å². The number of benzene rings is 1. The average Bonchev–Trinajstić information content (AvgIpc) is 2.54. The molecule has 1 aromatic rings. The second kappa shape index (κ2) is 5.95. The molecule has 1 atom stereocenters. The second-order valence-corrected chi connectivity index (χ2v) is 7.50. The van der Waals surface area contributed by atoms with E-state index in [1.807, 2.05) is 13.0 Å². The van der Waals surface area contributed by atoms with Gasteiger partial charge in [-0.05, 0) is 55.7 Å². The molecule has 1 saturated carbocycles. The summed E-state index contributed by atoms with van der Waals surface area (Å²) < 4.78 is 0. The van der Waals surface area contributed by atoms with Gasteiger partial charge in [-0.15, -0.1) is 0 Å². The Labute approximate surface area is 128 Å². The van der Waals surface area contributed by atoms with Crippen LogP contribution in [0, 0.1) is 12.3 Å². The molecule has 1 fully saturated rings. The van der Waals surface area contributed by atoms with Crippen LogP contribution in [0.15, 0.2) is 18.2 Å². The van der Waals surface area contributed by atoms with E-state index in [0.717, 1.165) is 29.1 Å². The van der Waals surface area contributed by atoms with Crippen LogP contribution in [-0.2, 0) is 0 Å². The monoisotopic (exact) mass is 294 g/mol. The highest BCUT2D eigenvalue weighted by Crippen LogP contribution is 2.39. The SMILES string of the molecule is Cc1ccc(NC2(CN)CCCC(C)(C)CC2)cc1Cl. The van der Waals surface area contributed by atoms with E-state index < -0.39 is 0 Å². The van der Waals surface area contributed by atoms with Crippen LogP contribution in [0.2, 0.25) is 5.02 Å². The molecular weight excluding hydrogens is 268 g/mol. The summed E-state index contributed by atoms with van der Waals surface area (Å²) in [5.41, 5.74) is 8.77. The minimum absolute atomic E-state index is 0.0202. The fourth-order valence-electron chi connectivity index (χ4n) is 3.09. The van der Waals surface area contributed by atoms with Crippen LogP contribution in [-0.4, -0.2) is 12.1 Å². The minimum Gasteiger partial charge on any atom is -0.378 e. The summed E-state index contributed by atoms with van der Waals surface area (Å²) in [4.78, 5) is 0. The topological polar surface area (TPSA) is 38.0 Å². The van der Waals surface area contributed by atoms with Crippen LogP contribution in [0.4, 0.5) is 5.69 Å². The van der Waals surface area contributed by atoms with Gasteiger partial charge < -0.3 is 11.1 Å². The summed E-state index contributed by atoms with van der Waals surface area (Å²) in [5.74, 6) is 0. The third-order valence-corrected chi connectivity index (χ3v) is 5.17. The van der Waals surface area contributed by atoms with Gasteiger partial charge in [-0.3, -0.25) is 0 Å². The maximum absolute atomic E-state index is 6.23. The Balaban J connectivity index is 2.16. The molecule has 1 aliphatic carbocycles. The molecule has 0 saturated heterocycles. The first kappa shape index (κ1) is 15.7. The van der Waals surface area contributed by atoms with Gasteiger partial charge in [0.1, 0.15) is 0 Å². The molecule has 0 radical (unpaired) electrons. The van der Waals surface area contributed by atoms with E-state index in [0.29, 0.717) is 12.0 Å². The molecule has 2 nitrogen and oxygen atoms in total. The maximum atomic E-state index is 6.23. The summed E-state index contributed by atoms with van der Waals surface area (Å²) in [6.07, 6.45) is 6.00. The molecule has 0 aromatic heterocycles. The first-order chi connectivity index (χ1) is 9.36. The van der Waals surface area contributed by atoms with Crippen molar-refractivity contribution in [3.8, 4) is 0 Å². The van der Waals surface area contributed by atoms with Crippen molar-refractivity contribution in [1.29, 1.82) is 0 Å². The van der Waals surface area contributed by atoms with Crippen LogP contribution in [0.25, 0.3) is 0 Å². The van der Waals surface area contributed by atoms with Crippen LogP contribution < -0.4 is 11.1 Å². The summed E-state index contributed by atoms with van der Waals surface area (Å²) >= 11 is 6.23. The molecule has 3 heteroatoms. The van der Waals surface area contributed by atoms with E-state index in [1.54, 1.807) is 0 Å². The highest BCUT2D eigenvalue weighted by atomic mass is 35.5. The first-order valence-electron chi connectivity index (χ1n) is 7.60. The van der Waals surface area contributed by atoms with E-state index in [2.05, 4.69) is 31.3 Å².